The minimum absolute atomic E-state index is 0.0412. The number of fused-ring (bicyclic) bond motifs is 1. The Morgan fingerprint density at radius 1 is 1.38 bits per heavy atom. The molecule has 0 aromatic heterocycles. The highest BCUT2D eigenvalue weighted by atomic mass is 19.2. The van der Waals surface area contributed by atoms with Gasteiger partial charge in [-0.15, -0.1) is 0 Å². The summed E-state index contributed by atoms with van der Waals surface area (Å²) in [6.07, 6.45) is 0.743. The Kier molecular flexibility index (Phi) is 1.94. The van der Waals surface area contributed by atoms with E-state index in [4.69, 9.17) is 4.74 Å². The van der Waals surface area contributed by atoms with Crippen molar-refractivity contribution in [2.75, 3.05) is 6.61 Å². The topological polar surface area (TPSA) is 9.23 Å². The Balaban J connectivity index is 2.58. The number of halogens is 2. The van der Waals surface area contributed by atoms with E-state index < -0.39 is 11.6 Å². The SMILES string of the molecule is CC1CCOc2ccc(F)c(F)c21. The smallest absolute Gasteiger partial charge is 0.165 e. The molecular formula is C10H10F2O. The Bertz CT molecular complexity index is 336. The molecule has 1 nitrogen and oxygen atoms in total. The highest BCUT2D eigenvalue weighted by Gasteiger charge is 2.23. The van der Waals surface area contributed by atoms with Crippen molar-refractivity contribution in [3.8, 4) is 5.75 Å². The molecule has 70 valence electrons. The molecule has 3 heteroatoms. The van der Waals surface area contributed by atoms with Crippen molar-refractivity contribution in [2.45, 2.75) is 19.3 Å². The summed E-state index contributed by atoms with van der Waals surface area (Å²) in [5, 5.41) is 0. The summed E-state index contributed by atoms with van der Waals surface area (Å²) in [7, 11) is 0. The van der Waals surface area contributed by atoms with Crippen LogP contribution in [0.1, 0.15) is 24.8 Å². The van der Waals surface area contributed by atoms with Gasteiger partial charge in [0.25, 0.3) is 0 Å². The molecule has 0 bridgehead atoms. The molecule has 0 amide bonds. The van der Waals surface area contributed by atoms with Crippen LogP contribution < -0.4 is 4.74 Å². The van der Waals surface area contributed by atoms with Crippen LogP contribution in [0.5, 0.6) is 5.75 Å². The first kappa shape index (κ1) is 8.48. The summed E-state index contributed by atoms with van der Waals surface area (Å²) < 4.78 is 31.4. The summed E-state index contributed by atoms with van der Waals surface area (Å²) >= 11 is 0. The van der Waals surface area contributed by atoms with Crippen molar-refractivity contribution in [1.29, 1.82) is 0 Å². The molecule has 2 rings (SSSR count). The molecule has 0 N–H and O–H groups in total. The second-order valence-corrected chi connectivity index (χ2v) is 3.31. The van der Waals surface area contributed by atoms with E-state index in [0.29, 0.717) is 17.9 Å². The predicted molar refractivity (Wildman–Crippen MR) is 44.9 cm³/mol. The van der Waals surface area contributed by atoms with Gasteiger partial charge in [-0.1, -0.05) is 6.92 Å². The van der Waals surface area contributed by atoms with Crippen LogP contribution in [-0.4, -0.2) is 6.61 Å². The molecule has 0 fully saturated rings. The average Bonchev–Trinajstić information content (AvgIpc) is 2.12. The third kappa shape index (κ3) is 1.28. The first-order valence-electron chi connectivity index (χ1n) is 4.31. The van der Waals surface area contributed by atoms with Crippen LogP contribution in [-0.2, 0) is 0 Å². The van der Waals surface area contributed by atoms with Crippen molar-refractivity contribution in [3.05, 3.63) is 29.3 Å². The zero-order chi connectivity index (χ0) is 9.42. The fraction of sp³-hybridized carbons (Fsp3) is 0.400. The lowest BCUT2D eigenvalue weighted by molar-refractivity contribution is 0.264. The largest absolute Gasteiger partial charge is 0.493 e. The molecule has 1 aliphatic rings. The van der Waals surface area contributed by atoms with Crippen molar-refractivity contribution in [3.63, 3.8) is 0 Å². The van der Waals surface area contributed by atoms with E-state index in [1.165, 1.54) is 6.07 Å². The molecule has 1 atom stereocenters. The second kappa shape index (κ2) is 2.98. The van der Waals surface area contributed by atoms with Crippen LogP contribution in [0.2, 0.25) is 0 Å². The number of ether oxygens (including phenoxy) is 1. The van der Waals surface area contributed by atoms with Gasteiger partial charge in [0.05, 0.1) is 6.61 Å². The summed E-state index contributed by atoms with van der Waals surface area (Å²) in [4.78, 5) is 0. The van der Waals surface area contributed by atoms with Gasteiger partial charge in [-0.3, -0.25) is 0 Å². The van der Waals surface area contributed by atoms with Gasteiger partial charge in [0, 0.05) is 5.56 Å². The van der Waals surface area contributed by atoms with Gasteiger partial charge in [0.1, 0.15) is 5.75 Å². The van der Waals surface area contributed by atoms with Gasteiger partial charge in [-0.25, -0.2) is 8.78 Å². The molecule has 0 saturated carbocycles. The maximum absolute atomic E-state index is 13.3. The van der Waals surface area contributed by atoms with E-state index in [1.54, 1.807) is 0 Å². The second-order valence-electron chi connectivity index (χ2n) is 3.31. The summed E-state index contributed by atoms with van der Waals surface area (Å²) in [5.41, 5.74) is 0.381. The van der Waals surface area contributed by atoms with E-state index in [0.717, 1.165) is 12.5 Å². The fourth-order valence-electron chi connectivity index (χ4n) is 1.62. The Hall–Kier alpha value is -1.12. The monoisotopic (exact) mass is 184 g/mol. The van der Waals surface area contributed by atoms with Gasteiger partial charge >= 0.3 is 0 Å². The number of hydrogen-bond donors (Lipinski definition) is 0. The van der Waals surface area contributed by atoms with Crippen molar-refractivity contribution < 1.29 is 13.5 Å². The third-order valence-corrected chi connectivity index (χ3v) is 2.39. The van der Waals surface area contributed by atoms with Crippen LogP contribution in [0.15, 0.2) is 12.1 Å². The molecule has 0 saturated heterocycles. The zero-order valence-corrected chi connectivity index (χ0v) is 7.31. The lowest BCUT2D eigenvalue weighted by Gasteiger charge is -2.23. The van der Waals surface area contributed by atoms with E-state index in [1.807, 2.05) is 6.92 Å². The summed E-state index contributed by atoms with van der Waals surface area (Å²) in [5.74, 6) is -1.03. The van der Waals surface area contributed by atoms with Gasteiger partial charge in [0.15, 0.2) is 11.6 Å². The number of hydrogen-bond acceptors (Lipinski definition) is 1. The van der Waals surface area contributed by atoms with Crippen LogP contribution in [0.25, 0.3) is 0 Å². The first-order valence-corrected chi connectivity index (χ1v) is 4.31. The Morgan fingerprint density at radius 3 is 2.92 bits per heavy atom. The molecule has 1 aromatic rings. The van der Waals surface area contributed by atoms with Gasteiger partial charge in [0.2, 0.25) is 0 Å². The van der Waals surface area contributed by atoms with E-state index in [2.05, 4.69) is 0 Å². The fourth-order valence-corrected chi connectivity index (χ4v) is 1.62. The van der Waals surface area contributed by atoms with Crippen LogP contribution in [0.4, 0.5) is 8.78 Å². The van der Waals surface area contributed by atoms with Crippen molar-refractivity contribution >= 4 is 0 Å². The lowest BCUT2D eigenvalue weighted by atomic mass is 9.94. The lowest BCUT2D eigenvalue weighted by Crippen LogP contribution is -2.14. The highest BCUT2D eigenvalue weighted by molar-refractivity contribution is 5.39. The predicted octanol–water partition coefficient (Wildman–Crippen LogP) is 2.85. The standard InChI is InChI=1S/C10H10F2O/c1-6-4-5-13-8-3-2-7(11)10(12)9(6)8/h2-3,6H,4-5H2,1H3. The molecular weight excluding hydrogens is 174 g/mol. The molecule has 13 heavy (non-hydrogen) atoms. The maximum atomic E-state index is 13.3. The first-order chi connectivity index (χ1) is 6.20. The highest BCUT2D eigenvalue weighted by Crippen LogP contribution is 2.35. The minimum atomic E-state index is -0.795. The summed E-state index contributed by atoms with van der Waals surface area (Å²) in [6, 6.07) is 2.59. The molecule has 0 radical (unpaired) electrons. The molecule has 1 aromatic carbocycles. The average molecular weight is 184 g/mol. The van der Waals surface area contributed by atoms with Gasteiger partial charge in [-0.2, -0.15) is 0 Å². The zero-order valence-electron chi connectivity index (χ0n) is 7.31. The number of benzene rings is 1. The van der Waals surface area contributed by atoms with Gasteiger partial charge in [-0.05, 0) is 24.5 Å². The maximum Gasteiger partial charge on any atom is 0.165 e. The number of rotatable bonds is 0. The molecule has 1 aliphatic heterocycles. The molecule has 1 unspecified atom stereocenters. The van der Waals surface area contributed by atoms with Crippen LogP contribution >= 0.6 is 0 Å². The van der Waals surface area contributed by atoms with Crippen LogP contribution in [0.3, 0.4) is 0 Å². The van der Waals surface area contributed by atoms with Crippen LogP contribution in [0, 0.1) is 11.6 Å². The van der Waals surface area contributed by atoms with E-state index in [-0.39, 0.29) is 5.92 Å². The molecule has 0 aliphatic carbocycles. The normalized spacial score (nSPS) is 20.7. The third-order valence-electron chi connectivity index (χ3n) is 2.39. The summed E-state index contributed by atoms with van der Waals surface area (Å²) in [6.45, 7) is 2.46. The molecule has 0 spiro atoms. The molecule has 1 heterocycles. The van der Waals surface area contributed by atoms with E-state index >= 15 is 0 Å². The van der Waals surface area contributed by atoms with Crippen molar-refractivity contribution in [1.82, 2.24) is 0 Å². The van der Waals surface area contributed by atoms with E-state index in [9.17, 15) is 8.78 Å². The van der Waals surface area contributed by atoms with Crippen molar-refractivity contribution in [2.24, 2.45) is 0 Å². The Morgan fingerprint density at radius 2 is 2.15 bits per heavy atom. The Labute approximate surface area is 75.3 Å². The quantitative estimate of drug-likeness (QED) is 0.602. The minimum Gasteiger partial charge on any atom is -0.493 e. The van der Waals surface area contributed by atoms with Gasteiger partial charge < -0.3 is 4.74 Å².